The van der Waals surface area contributed by atoms with Crippen molar-refractivity contribution in [2.45, 2.75) is 20.3 Å². The molecule has 4 nitrogen and oxygen atoms in total. The third kappa shape index (κ3) is 5.34. The van der Waals surface area contributed by atoms with E-state index in [1.54, 1.807) is 0 Å². The van der Waals surface area contributed by atoms with Crippen molar-refractivity contribution in [3.8, 4) is 22.8 Å². The molecule has 0 spiro atoms. The topological polar surface area (TPSA) is 41.9 Å². The van der Waals surface area contributed by atoms with Crippen LogP contribution < -0.4 is 4.90 Å². The second kappa shape index (κ2) is 12.9. The van der Waals surface area contributed by atoms with Crippen molar-refractivity contribution in [1.29, 1.82) is 0 Å². The van der Waals surface area contributed by atoms with Gasteiger partial charge >= 0.3 is 0 Å². The van der Waals surface area contributed by atoms with Gasteiger partial charge in [0.25, 0.3) is 0 Å². The molecule has 9 rings (SSSR count). The van der Waals surface area contributed by atoms with Crippen LogP contribution in [0.3, 0.4) is 0 Å². The van der Waals surface area contributed by atoms with Gasteiger partial charge in [-0.1, -0.05) is 110 Å². The summed E-state index contributed by atoms with van der Waals surface area (Å²) in [5.41, 5.74) is 7.86. The summed E-state index contributed by atoms with van der Waals surface area (Å²) in [5, 5.41) is 6.92. The molecule has 0 saturated carbocycles. The molecule has 6 aromatic carbocycles. The van der Waals surface area contributed by atoms with Gasteiger partial charge in [-0.2, -0.15) is 0 Å². The van der Waals surface area contributed by atoms with Crippen LogP contribution in [-0.2, 0) is 0 Å². The highest BCUT2D eigenvalue weighted by atomic mass is 32.1. The molecule has 0 radical (unpaired) electrons. The fourth-order valence-electron chi connectivity index (χ4n) is 7.24. The molecule has 9 aromatic rings. The first-order valence-electron chi connectivity index (χ1n) is 17.4. The Kier molecular flexibility index (Phi) is 7.83. The second-order valence-electron chi connectivity index (χ2n) is 12.6. The number of allylic oxidation sites excluding steroid dienone is 3. The van der Waals surface area contributed by atoms with Crippen LogP contribution in [0.1, 0.15) is 20.3 Å². The molecule has 51 heavy (non-hydrogen) atoms. The average molecular weight is 675 g/mol. The van der Waals surface area contributed by atoms with E-state index < -0.39 is 0 Å². The summed E-state index contributed by atoms with van der Waals surface area (Å²) in [4.78, 5) is 18.1. The zero-order valence-corrected chi connectivity index (χ0v) is 29.2. The quantitative estimate of drug-likeness (QED) is 0.125. The predicted octanol–water partition coefficient (Wildman–Crippen LogP) is 13.0. The monoisotopic (exact) mass is 674 g/mol. The van der Waals surface area contributed by atoms with E-state index in [0.717, 1.165) is 67.6 Å². The Morgan fingerprint density at radius 2 is 1.25 bits per heavy atom. The minimum absolute atomic E-state index is 0.619. The van der Waals surface area contributed by atoms with E-state index in [4.69, 9.17) is 15.0 Å². The van der Waals surface area contributed by atoms with Gasteiger partial charge in [-0.25, -0.2) is 15.0 Å². The van der Waals surface area contributed by atoms with E-state index in [-0.39, 0.29) is 0 Å². The molecule has 0 aliphatic heterocycles. The van der Waals surface area contributed by atoms with E-state index in [9.17, 15) is 0 Å². The average Bonchev–Trinajstić information content (AvgIpc) is 3.57. The number of hydrogen-bond donors (Lipinski definition) is 0. The maximum Gasteiger partial charge on any atom is 0.179 e. The van der Waals surface area contributed by atoms with Crippen molar-refractivity contribution >= 4 is 75.5 Å². The summed E-state index contributed by atoms with van der Waals surface area (Å²) in [6.07, 6.45) is 7.46. The zero-order chi connectivity index (χ0) is 34.3. The second-order valence-corrected chi connectivity index (χ2v) is 13.7. The van der Waals surface area contributed by atoms with Crippen LogP contribution in [-0.4, -0.2) is 15.0 Å². The molecule has 0 fully saturated rings. The fourth-order valence-corrected chi connectivity index (χ4v) is 8.35. The summed E-state index contributed by atoms with van der Waals surface area (Å²) >= 11 is 1.83. The molecule has 0 aliphatic rings. The van der Waals surface area contributed by atoms with Crippen molar-refractivity contribution in [2.75, 3.05) is 4.90 Å². The van der Waals surface area contributed by atoms with Crippen molar-refractivity contribution in [1.82, 2.24) is 15.0 Å². The van der Waals surface area contributed by atoms with Crippen LogP contribution in [0.5, 0.6) is 0 Å². The van der Waals surface area contributed by atoms with Gasteiger partial charge in [-0.05, 0) is 73.3 Å². The summed E-state index contributed by atoms with van der Waals surface area (Å²) in [5.74, 6) is 0.619. The van der Waals surface area contributed by atoms with Crippen molar-refractivity contribution in [3.63, 3.8) is 0 Å². The molecule has 244 valence electrons. The molecule has 0 aliphatic carbocycles. The molecule has 0 atom stereocenters. The number of para-hydroxylation sites is 2. The third-order valence-electron chi connectivity index (χ3n) is 9.44. The Morgan fingerprint density at radius 1 is 0.569 bits per heavy atom. The van der Waals surface area contributed by atoms with Crippen molar-refractivity contribution in [2.24, 2.45) is 0 Å². The molecule has 0 saturated heterocycles. The van der Waals surface area contributed by atoms with Crippen LogP contribution in [0.2, 0.25) is 0 Å². The lowest BCUT2D eigenvalue weighted by molar-refractivity contribution is 1.13. The van der Waals surface area contributed by atoms with Crippen molar-refractivity contribution < 1.29 is 0 Å². The number of thiophene rings is 1. The van der Waals surface area contributed by atoms with Crippen LogP contribution in [0.15, 0.2) is 163 Å². The lowest BCUT2D eigenvalue weighted by atomic mass is 9.99. The normalized spacial score (nSPS) is 12.2. The maximum atomic E-state index is 5.34. The van der Waals surface area contributed by atoms with Gasteiger partial charge in [0.1, 0.15) is 5.69 Å². The minimum Gasteiger partial charge on any atom is -0.311 e. The number of rotatable bonds is 7. The highest BCUT2D eigenvalue weighted by molar-refractivity contribution is 7.26. The molecular formula is C46H34N4S. The largest absolute Gasteiger partial charge is 0.311 e. The van der Waals surface area contributed by atoms with Gasteiger partial charge in [-0.15, -0.1) is 11.3 Å². The van der Waals surface area contributed by atoms with Crippen LogP contribution in [0.25, 0.3) is 75.5 Å². The Labute approximate surface area is 300 Å². The molecule has 0 bridgehead atoms. The number of fused-ring (bicyclic) bond motifs is 8. The number of benzene rings is 6. The molecular weight excluding hydrogens is 641 g/mol. The first-order valence-corrected chi connectivity index (χ1v) is 18.2. The molecule has 0 amide bonds. The smallest absolute Gasteiger partial charge is 0.179 e. The van der Waals surface area contributed by atoms with E-state index in [2.05, 4.69) is 170 Å². The van der Waals surface area contributed by atoms with E-state index in [1.165, 1.54) is 25.6 Å². The molecule has 3 aromatic heterocycles. The Morgan fingerprint density at radius 3 is 2.04 bits per heavy atom. The maximum absolute atomic E-state index is 5.34. The Hall–Kier alpha value is -6.17. The van der Waals surface area contributed by atoms with Gasteiger partial charge in [0, 0.05) is 59.0 Å². The van der Waals surface area contributed by atoms with Gasteiger partial charge in [-0.3, -0.25) is 0 Å². The zero-order valence-electron chi connectivity index (χ0n) is 28.4. The van der Waals surface area contributed by atoms with Gasteiger partial charge in [0.15, 0.2) is 5.82 Å². The fraction of sp³-hybridized carbons (Fsp3) is 0.0652. The lowest BCUT2D eigenvalue weighted by Crippen LogP contribution is -2.15. The number of nitrogens with zero attached hydrogens (tertiary/aromatic N) is 4. The standard InChI is InChI=1S/C46H34N4S/c1-3-14-31(15-4-2)50(32-16-6-5-7-17-32)33-26-24-30(25-27-33)44-36-20-10-12-22-38(36)48-46(49-44)45-35-19-9-8-18-34(35)42-39(47-45)28-29-41-43(42)37-21-11-13-23-40(37)51-41/h3,5-29H,4H2,1-2H3/b14-3-,31-15+. The summed E-state index contributed by atoms with van der Waals surface area (Å²) < 4.78 is 2.55. The lowest BCUT2D eigenvalue weighted by Gasteiger charge is -2.26. The number of anilines is 2. The van der Waals surface area contributed by atoms with E-state index >= 15 is 0 Å². The summed E-state index contributed by atoms with van der Waals surface area (Å²) in [6.45, 7) is 4.23. The highest BCUT2D eigenvalue weighted by Crippen LogP contribution is 2.42. The van der Waals surface area contributed by atoms with Gasteiger partial charge in [0.2, 0.25) is 0 Å². The highest BCUT2D eigenvalue weighted by Gasteiger charge is 2.20. The van der Waals surface area contributed by atoms with Crippen LogP contribution in [0, 0.1) is 0 Å². The van der Waals surface area contributed by atoms with E-state index in [1.807, 2.05) is 17.4 Å². The number of hydrogen-bond acceptors (Lipinski definition) is 5. The van der Waals surface area contributed by atoms with Gasteiger partial charge in [0.05, 0.1) is 16.7 Å². The first kappa shape index (κ1) is 30.9. The molecule has 0 N–H and O–H groups in total. The van der Waals surface area contributed by atoms with E-state index in [0.29, 0.717) is 5.82 Å². The SMILES string of the molecule is C/C=C\C(=C/CC)N(c1ccccc1)c1ccc(-c2nc(-c3nc4ccc5sc6ccccc6c5c4c4ccccc34)nc3ccccc23)cc1. The van der Waals surface area contributed by atoms with Gasteiger partial charge < -0.3 is 4.90 Å². The predicted molar refractivity (Wildman–Crippen MR) is 218 cm³/mol. The number of aromatic nitrogens is 3. The molecule has 0 unspecified atom stereocenters. The summed E-state index contributed by atoms with van der Waals surface area (Å²) in [6, 6.07) is 49.1. The first-order chi connectivity index (χ1) is 25.2. The van der Waals surface area contributed by atoms with Crippen molar-refractivity contribution in [3.05, 3.63) is 163 Å². The van der Waals surface area contributed by atoms with Crippen LogP contribution >= 0.6 is 11.3 Å². The molecule has 3 heterocycles. The molecule has 5 heteroatoms. The number of pyridine rings is 1. The third-order valence-corrected chi connectivity index (χ3v) is 10.6. The Bertz CT molecular complexity index is 2800. The minimum atomic E-state index is 0.619. The van der Waals surface area contributed by atoms with Crippen LogP contribution in [0.4, 0.5) is 11.4 Å². The summed E-state index contributed by atoms with van der Waals surface area (Å²) in [7, 11) is 0. The Balaban J connectivity index is 1.23.